The minimum atomic E-state index is -0.359. The third-order valence-electron chi connectivity index (χ3n) is 4.38. The predicted octanol–water partition coefficient (Wildman–Crippen LogP) is 3.06. The molecule has 3 heterocycles. The summed E-state index contributed by atoms with van der Waals surface area (Å²) in [6.07, 6.45) is 3.32. The molecule has 0 spiro atoms. The summed E-state index contributed by atoms with van der Waals surface area (Å²) in [5.41, 5.74) is 1.51. The van der Waals surface area contributed by atoms with Crippen molar-refractivity contribution in [1.82, 2.24) is 15.0 Å². The van der Waals surface area contributed by atoms with Gasteiger partial charge < -0.3 is 14.6 Å². The second-order valence-electron chi connectivity index (χ2n) is 5.98. The molecule has 0 radical (unpaired) electrons. The number of halogens is 1. The molecule has 6 nitrogen and oxygen atoms in total. The van der Waals surface area contributed by atoms with Crippen LogP contribution in [0.2, 0.25) is 5.02 Å². The minimum absolute atomic E-state index is 0.0537. The van der Waals surface area contributed by atoms with Crippen molar-refractivity contribution < 1.29 is 4.74 Å². The fourth-order valence-electron chi connectivity index (χ4n) is 3.09. The second-order valence-corrected chi connectivity index (χ2v) is 6.36. The number of aromatic amines is 1. The van der Waals surface area contributed by atoms with E-state index in [0.717, 1.165) is 11.1 Å². The molecule has 0 amide bonds. The maximum absolute atomic E-state index is 12.4. The molecule has 0 bridgehead atoms. The van der Waals surface area contributed by atoms with Crippen LogP contribution in [-0.4, -0.2) is 34.7 Å². The van der Waals surface area contributed by atoms with Gasteiger partial charge in [0.1, 0.15) is 10.8 Å². The van der Waals surface area contributed by atoms with Crippen molar-refractivity contribution in [3.8, 4) is 11.4 Å². The highest BCUT2D eigenvalue weighted by molar-refractivity contribution is 6.32. The topological polar surface area (TPSA) is 71.1 Å². The lowest BCUT2D eigenvalue weighted by molar-refractivity contribution is 0.0937. The van der Waals surface area contributed by atoms with Crippen LogP contribution in [0, 0.1) is 0 Å². The van der Waals surface area contributed by atoms with E-state index < -0.39 is 0 Å². The number of nitrogens with zero attached hydrogens (tertiary/aromatic N) is 3. The van der Waals surface area contributed by atoms with Crippen molar-refractivity contribution in [3.63, 3.8) is 0 Å². The Bertz CT molecular complexity index is 947. The molecule has 1 aromatic carbocycles. The fraction of sp³-hybridized carbons (Fsp3) is 0.211. The molecular formula is C19H17ClN4O2. The number of anilines is 1. The van der Waals surface area contributed by atoms with Crippen molar-refractivity contribution in [2.24, 2.45) is 0 Å². The normalized spacial score (nSPS) is 17.3. The van der Waals surface area contributed by atoms with Crippen LogP contribution < -0.4 is 10.5 Å². The van der Waals surface area contributed by atoms with E-state index >= 15 is 0 Å². The molecule has 132 valence electrons. The summed E-state index contributed by atoms with van der Waals surface area (Å²) in [6.45, 7) is 1.67. The molecule has 1 aliphatic rings. The van der Waals surface area contributed by atoms with Gasteiger partial charge in [-0.15, -0.1) is 0 Å². The van der Waals surface area contributed by atoms with Gasteiger partial charge in [0.15, 0.2) is 5.82 Å². The molecule has 1 N–H and O–H groups in total. The van der Waals surface area contributed by atoms with E-state index in [-0.39, 0.29) is 16.6 Å². The van der Waals surface area contributed by atoms with Gasteiger partial charge in [-0.3, -0.25) is 9.78 Å². The second kappa shape index (κ2) is 7.27. The van der Waals surface area contributed by atoms with Gasteiger partial charge >= 0.3 is 0 Å². The molecule has 7 heteroatoms. The summed E-state index contributed by atoms with van der Waals surface area (Å²) in [5.74, 6) is 0.939. The van der Waals surface area contributed by atoms with Gasteiger partial charge in [0.05, 0.1) is 19.3 Å². The molecule has 1 aliphatic heterocycles. The Balaban J connectivity index is 1.80. The third-order valence-corrected chi connectivity index (χ3v) is 4.72. The number of aromatic nitrogens is 3. The maximum Gasteiger partial charge on any atom is 0.272 e. The Morgan fingerprint density at radius 3 is 2.69 bits per heavy atom. The molecule has 4 rings (SSSR count). The zero-order chi connectivity index (χ0) is 17.9. The lowest BCUT2D eigenvalue weighted by Crippen LogP contribution is -2.41. The maximum atomic E-state index is 12.4. The van der Waals surface area contributed by atoms with Gasteiger partial charge in [0, 0.05) is 24.5 Å². The number of hydrogen-bond donors (Lipinski definition) is 1. The van der Waals surface area contributed by atoms with Crippen molar-refractivity contribution in [3.05, 3.63) is 75.8 Å². The van der Waals surface area contributed by atoms with Gasteiger partial charge in [-0.2, -0.15) is 0 Å². The molecule has 1 atom stereocenters. The summed E-state index contributed by atoms with van der Waals surface area (Å²) in [5, 5.41) is 0.0886. The molecule has 1 fully saturated rings. The van der Waals surface area contributed by atoms with Crippen LogP contribution in [0.3, 0.4) is 0 Å². The van der Waals surface area contributed by atoms with Crippen LogP contribution in [-0.2, 0) is 4.74 Å². The number of pyridine rings is 1. The predicted molar refractivity (Wildman–Crippen MR) is 100 cm³/mol. The van der Waals surface area contributed by atoms with E-state index in [2.05, 4.69) is 15.0 Å². The minimum Gasteiger partial charge on any atom is -0.377 e. The Kier molecular flexibility index (Phi) is 4.69. The van der Waals surface area contributed by atoms with E-state index in [1.54, 1.807) is 24.5 Å². The van der Waals surface area contributed by atoms with Crippen LogP contribution in [0.4, 0.5) is 5.82 Å². The number of ether oxygens (including phenoxy) is 1. The van der Waals surface area contributed by atoms with E-state index in [0.29, 0.717) is 31.4 Å². The molecule has 1 unspecified atom stereocenters. The van der Waals surface area contributed by atoms with Gasteiger partial charge in [0.25, 0.3) is 5.56 Å². The number of nitrogens with one attached hydrogen (secondary N) is 1. The Morgan fingerprint density at radius 2 is 1.92 bits per heavy atom. The van der Waals surface area contributed by atoms with Crippen molar-refractivity contribution in [1.29, 1.82) is 0 Å². The molecule has 0 aliphatic carbocycles. The zero-order valence-corrected chi connectivity index (χ0v) is 14.7. The average molecular weight is 369 g/mol. The van der Waals surface area contributed by atoms with E-state index in [1.165, 1.54) is 0 Å². The largest absolute Gasteiger partial charge is 0.377 e. The first-order chi connectivity index (χ1) is 12.7. The highest BCUT2D eigenvalue weighted by Crippen LogP contribution is 2.32. The average Bonchev–Trinajstić information content (AvgIpc) is 2.71. The molecule has 0 saturated carbocycles. The first-order valence-electron chi connectivity index (χ1n) is 8.33. The van der Waals surface area contributed by atoms with Gasteiger partial charge in [-0.1, -0.05) is 41.9 Å². The lowest BCUT2D eigenvalue weighted by atomic mass is 10.0. The smallest absolute Gasteiger partial charge is 0.272 e. The number of hydrogen-bond acceptors (Lipinski definition) is 5. The highest BCUT2D eigenvalue weighted by Gasteiger charge is 2.28. The monoisotopic (exact) mass is 368 g/mol. The molecule has 1 saturated heterocycles. The quantitative estimate of drug-likeness (QED) is 0.769. The summed E-state index contributed by atoms with van der Waals surface area (Å²) in [4.78, 5) is 25.9. The summed E-state index contributed by atoms with van der Waals surface area (Å²) in [6, 6.07) is 13.6. The van der Waals surface area contributed by atoms with Crippen LogP contribution in [0.1, 0.15) is 11.6 Å². The van der Waals surface area contributed by atoms with Gasteiger partial charge in [-0.05, 0) is 17.7 Å². The van der Waals surface area contributed by atoms with Crippen molar-refractivity contribution in [2.45, 2.75) is 6.04 Å². The molecular weight excluding hydrogens is 352 g/mol. The van der Waals surface area contributed by atoms with Gasteiger partial charge in [-0.25, -0.2) is 4.98 Å². The van der Waals surface area contributed by atoms with Gasteiger partial charge in [0.2, 0.25) is 0 Å². The Hall–Kier alpha value is -2.70. The molecule has 26 heavy (non-hydrogen) atoms. The van der Waals surface area contributed by atoms with E-state index in [4.69, 9.17) is 16.3 Å². The fourth-order valence-corrected chi connectivity index (χ4v) is 3.29. The first-order valence-corrected chi connectivity index (χ1v) is 8.71. The van der Waals surface area contributed by atoms with Crippen LogP contribution >= 0.6 is 11.6 Å². The van der Waals surface area contributed by atoms with Crippen LogP contribution in [0.25, 0.3) is 11.4 Å². The van der Waals surface area contributed by atoms with Crippen LogP contribution in [0.5, 0.6) is 0 Å². The van der Waals surface area contributed by atoms with E-state index in [1.807, 2.05) is 35.2 Å². The van der Waals surface area contributed by atoms with E-state index in [9.17, 15) is 4.79 Å². The summed E-state index contributed by atoms with van der Waals surface area (Å²) in [7, 11) is 0. The Morgan fingerprint density at radius 1 is 1.15 bits per heavy atom. The lowest BCUT2D eigenvalue weighted by Gasteiger charge is -2.37. The standard InChI is InChI=1S/C19H17ClN4O2/c20-16-18(22-17(23-19(16)25)14-6-8-21-9-7-14)24-10-11-26-12-15(24)13-4-2-1-3-5-13/h1-9,15H,10-12H2,(H,22,23,25). The Labute approximate surface area is 155 Å². The zero-order valence-electron chi connectivity index (χ0n) is 13.9. The highest BCUT2D eigenvalue weighted by atomic mass is 35.5. The number of morpholine rings is 1. The molecule has 3 aromatic rings. The summed E-state index contributed by atoms with van der Waals surface area (Å²) < 4.78 is 5.67. The number of H-pyrrole nitrogens is 1. The number of benzene rings is 1. The third kappa shape index (κ3) is 3.21. The van der Waals surface area contributed by atoms with Crippen molar-refractivity contribution >= 4 is 17.4 Å². The summed E-state index contributed by atoms with van der Waals surface area (Å²) >= 11 is 6.34. The molecule has 2 aromatic heterocycles. The number of rotatable bonds is 3. The van der Waals surface area contributed by atoms with Crippen LogP contribution in [0.15, 0.2) is 59.7 Å². The van der Waals surface area contributed by atoms with Crippen molar-refractivity contribution in [2.75, 3.05) is 24.7 Å². The first kappa shape index (κ1) is 16.8. The SMILES string of the molecule is O=c1[nH]c(-c2ccncc2)nc(N2CCOCC2c2ccccc2)c1Cl.